The first-order valence-corrected chi connectivity index (χ1v) is 14.7. The number of ether oxygens (including phenoxy) is 1. The Kier molecular flexibility index (Phi) is 11.1. The van der Waals surface area contributed by atoms with Crippen LogP contribution in [-0.2, 0) is 26.2 Å². The van der Waals surface area contributed by atoms with Gasteiger partial charge in [0.15, 0.2) is 0 Å². The lowest BCUT2D eigenvalue weighted by Gasteiger charge is -2.32. The van der Waals surface area contributed by atoms with Crippen LogP contribution in [0.1, 0.15) is 39.2 Å². The zero-order valence-electron chi connectivity index (χ0n) is 23.0. The smallest absolute Gasteiger partial charge is 0.264 e. The highest BCUT2D eigenvalue weighted by molar-refractivity contribution is 7.92. The molecule has 3 aromatic rings. The van der Waals surface area contributed by atoms with E-state index < -0.39 is 34.3 Å². The maximum Gasteiger partial charge on any atom is 0.264 e. The van der Waals surface area contributed by atoms with Crippen LogP contribution in [-0.4, -0.2) is 50.9 Å². The number of benzene rings is 3. The van der Waals surface area contributed by atoms with Crippen molar-refractivity contribution in [3.63, 3.8) is 0 Å². The average molecular weight is 570 g/mol. The molecular weight excluding hydrogens is 533 g/mol. The lowest BCUT2D eigenvalue weighted by Crippen LogP contribution is -2.51. The van der Waals surface area contributed by atoms with Gasteiger partial charge in [0.05, 0.1) is 17.2 Å². The summed E-state index contributed by atoms with van der Waals surface area (Å²) in [5, 5.41) is 2.83. The minimum Gasteiger partial charge on any atom is -0.494 e. The third-order valence-corrected chi connectivity index (χ3v) is 8.10. The van der Waals surface area contributed by atoms with Crippen molar-refractivity contribution in [2.75, 3.05) is 24.0 Å². The molecule has 3 aromatic carbocycles. The second-order valence-corrected chi connectivity index (χ2v) is 11.1. The maximum absolute atomic E-state index is 13.9. The Hall–Kier alpha value is -3.92. The molecule has 1 N–H and O–H groups in total. The van der Waals surface area contributed by atoms with Gasteiger partial charge in [0, 0.05) is 13.1 Å². The molecular formula is C30H36FN3O5S. The summed E-state index contributed by atoms with van der Waals surface area (Å²) in [7, 11) is -4.15. The van der Waals surface area contributed by atoms with Crippen molar-refractivity contribution in [1.82, 2.24) is 10.2 Å². The first-order valence-electron chi connectivity index (χ1n) is 13.3. The van der Waals surface area contributed by atoms with Crippen molar-refractivity contribution in [2.45, 2.75) is 51.1 Å². The summed E-state index contributed by atoms with van der Waals surface area (Å²) in [6.45, 7) is 5.77. The molecule has 8 nitrogen and oxygen atoms in total. The zero-order chi connectivity index (χ0) is 29.1. The van der Waals surface area contributed by atoms with E-state index in [2.05, 4.69) is 5.32 Å². The predicted octanol–water partition coefficient (Wildman–Crippen LogP) is 4.75. The van der Waals surface area contributed by atoms with E-state index in [9.17, 15) is 22.4 Å². The second-order valence-electron chi connectivity index (χ2n) is 9.22. The molecule has 0 saturated carbocycles. The van der Waals surface area contributed by atoms with Crippen molar-refractivity contribution >= 4 is 27.5 Å². The van der Waals surface area contributed by atoms with Crippen LogP contribution in [0.25, 0.3) is 0 Å². The normalized spacial score (nSPS) is 11.9. The maximum atomic E-state index is 13.9. The van der Waals surface area contributed by atoms with E-state index in [4.69, 9.17) is 4.74 Å². The van der Waals surface area contributed by atoms with Crippen molar-refractivity contribution < 1.29 is 27.1 Å². The summed E-state index contributed by atoms with van der Waals surface area (Å²) in [4.78, 5) is 28.2. The quantitative estimate of drug-likeness (QED) is 0.283. The fourth-order valence-corrected chi connectivity index (χ4v) is 5.46. The van der Waals surface area contributed by atoms with Crippen LogP contribution in [0, 0.1) is 5.82 Å². The van der Waals surface area contributed by atoms with E-state index in [-0.39, 0.29) is 23.0 Å². The lowest BCUT2D eigenvalue weighted by molar-refractivity contribution is -0.139. The van der Waals surface area contributed by atoms with E-state index in [1.807, 2.05) is 13.8 Å². The standard InChI is InChI=1S/C30H36FN3O5S/c1-4-6-20-32-30(36)23(3)33(21-24-12-14-25(31)15-13-24)29(35)22-34(26-16-18-27(19-17-26)39-5-2)40(37,38)28-10-8-7-9-11-28/h7-19,23H,4-6,20-22H2,1-3H3,(H,32,36)/t23-/m0/s1. The topological polar surface area (TPSA) is 96.0 Å². The number of amides is 2. The van der Waals surface area contributed by atoms with Crippen LogP contribution in [0.2, 0.25) is 0 Å². The fraction of sp³-hybridized carbons (Fsp3) is 0.333. The minimum absolute atomic E-state index is 0.00994. The van der Waals surface area contributed by atoms with Gasteiger partial charge < -0.3 is 15.0 Å². The van der Waals surface area contributed by atoms with Gasteiger partial charge in [0.25, 0.3) is 10.0 Å². The lowest BCUT2D eigenvalue weighted by atomic mass is 10.1. The molecule has 3 rings (SSSR count). The average Bonchev–Trinajstić information content (AvgIpc) is 2.96. The number of nitrogens with zero attached hydrogens (tertiary/aromatic N) is 2. The number of anilines is 1. The van der Waals surface area contributed by atoms with Gasteiger partial charge in [-0.25, -0.2) is 12.8 Å². The van der Waals surface area contributed by atoms with E-state index in [1.165, 1.54) is 41.3 Å². The molecule has 10 heteroatoms. The molecule has 214 valence electrons. The molecule has 0 bridgehead atoms. The Morgan fingerprint density at radius 2 is 1.60 bits per heavy atom. The summed E-state index contributed by atoms with van der Waals surface area (Å²) in [6.07, 6.45) is 1.67. The molecule has 0 saturated heterocycles. The summed E-state index contributed by atoms with van der Waals surface area (Å²) >= 11 is 0. The van der Waals surface area contributed by atoms with Crippen LogP contribution >= 0.6 is 0 Å². The van der Waals surface area contributed by atoms with Crippen molar-refractivity contribution in [3.05, 3.63) is 90.2 Å². The van der Waals surface area contributed by atoms with E-state index in [0.29, 0.717) is 24.5 Å². The second kappa shape index (κ2) is 14.5. The van der Waals surface area contributed by atoms with Crippen molar-refractivity contribution in [2.24, 2.45) is 0 Å². The highest BCUT2D eigenvalue weighted by atomic mass is 32.2. The molecule has 0 fully saturated rings. The number of halogens is 1. The Labute approximate surface area is 235 Å². The third kappa shape index (κ3) is 8.05. The summed E-state index contributed by atoms with van der Waals surface area (Å²) in [5.74, 6) is -0.814. The first-order chi connectivity index (χ1) is 19.2. The fourth-order valence-electron chi connectivity index (χ4n) is 4.03. The molecule has 40 heavy (non-hydrogen) atoms. The highest BCUT2D eigenvalue weighted by Gasteiger charge is 2.32. The van der Waals surface area contributed by atoms with Crippen molar-refractivity contribution in [1.29, 1.82) is 0 Å². The Bertz CT molecular complexity index is 1350. The van der Waals surface area contributed by atoms with E-state index in [1.54, 1.807) is 49.4 Å². The molecule has 0 aliphatic rings. The number of nitrogens with one attached hydrogen (secondary N) is 1. The molecule has 1 atom stereocenters. The van der Waals surface area contributed by atoms with Gasteiger partial charge in [-0.3, -0.25) is 13.9 Å². The number of rotatable bonds is 14. The van der Waals surface area contributed by atoms with Gasteiger partial charge in [-0.05, 0) is 74.4 Å². The summed E-state index contributed by atoms with van der Waals surface area (Å²) in [5.41, 5.74) is 0.865. The van der Waals surface area contributed by atoms with Crippen LogP contribution in [0.5, 0.6) is 5.75 Å². The molecule has 0 heterocycles. The first kappa shape index (κ1) is 30.6. The number of unbranched alkanes of at least 4 members (excludes halogenated alkanes) is 1. The molecule has 0 spiro atoms. The van der Waals surface area contributed by atoms with Gasteiger partial charge in [-0.1, -0.05) is 43.7 Å². The molecule has 0 aromatic heterocycles. The van der Waals surface area contributed by atoms with Gasteiger partial charge in [0.2, 0.25) is 11.8 Å². The van der Waals surface area contributed by atoms with Gasteiger partial charge >= 0.3 is 0 Å². The van der Waals surface area contributed by atoms with Crippen LogP contribution in [0.15, 0.2) is 83.8 Å². The highest BCUT2D eigenvalue weighted by Crippen LogP contribution is 2.26. The monoisotopic (exact) mass is 569 g/mol. The molecule has 0 aliphatic carbocycles. The number of hydrogen-bond acceptors (Lipinski definition) is 5. The molecule has 0 aliphatic heterocycles. The number of carbonyl (C=O) groups excluding carboxylic acids is 2. The van der Waals surface area contributed by atoms with E-state index >= 15 is 0 Å². The van der Waals surface area contributed by atoms with Crippen molar-refractivity contribution in [3.8, 4) is 5.75 Å². The zero-order valence-corrected chi connectivity index (χ0v) is 23.9. The number of hydrogen-bond donors (Lipinski definition) is 1. The van der Waals surface area contributed by atoms with E-state index in [0.717, 1.165) is 17.1 Å². The minimum atomic E-state index is -4.15. The SMILES string of the molecule is CCCCNC(=O)[C@H](C)N(Cc1ccc(F)cc1)C(=O)CN(c1ccc(OCC)cc1)S(=O)(=O)c1ccccc1. The number of sulfonamides is 1. The Morgan fingerprint density at radius 1 is 0.950 bits per heavy atom. The van der Waals surface area contributed by atoms with Crippen LogP contribution < -0.4 is 14.4 Å². The Morgan fingerprint density at radius 3 is 2.20 bits per heavy atom. The van der Waals surface area contributed by atoms with Gasteiger partial charge in [0.1, 0.15) is 24.2 Å². The predicted molar refractivity (Wildman–Crippen MR) is 153 cm³/mol. The molecule has 2 amide bonds. The Balaban J connectivity index is 1.98. The van der Waals surface area contributed by atoms with Crippen LogP contribution in [0.4, 0.5) is 10.1 Å². The van der Waals surface area contributed by atoms with Gasteiger partial charge in [-0.15, -0.1) is 0 Å². The third-order valence-electron chi connectivity index (χ3n) is 6.31. The number of carbonyl (C=O) groups is 2. The molecule has 0 radical (unpaired) electrons. The largest absolute Gasteiger partial charge is 0.494 e. The summed E-state index contributed by atoms with van der Waals surface area (Å²) < 4.78 is 47.6. The van der Waals surface area contributed by atoms with Gasteiger partial charge in [-0.2, -0.15) is 0 Å². The summed E-state index contributed by atoms with van der Waals surface area (Å²) in [6, 6.07) is 19.0. The van der Waals surface area contributed by atoms with Crippen LogP contribution in [0.3, 0.4) is 0 Å². The molecule has 0 unspecified atom stereocenters.